The van der Waals surface area contributed by atoms with E-state index in [2.05, 4.69) is 57.6 Å². The van der Waals surface area contributed by atoms with Crippen molar-refractivity contribution in [2.45, 2.75) is 60.3 Å². The fourth-order valence-electron chi connectivity index (χ4n) is 7.93. The van der Waals surface area contributed by atoms with E-state index in [1.54, 1.807) is 25.3 Å². The van der Waals surface area contributed by atoms with Gasteiger partial charge < -0.3 is 29.9 Å². The standard InChI is InChI=1S/C23H25F2N3O3S2.C23H27N3O3S2/c1-14-12-28(13-15(2)26-14)17-5-7-21(31-3)20(11-17)27-33(29,30)23-9-8-22(32-23)18-6-4-16(24)10-19(18)25;1-16-14-26(15-17(2)24-16)19-9-10-21(29-3)20(13-19)25-31(27,28)23-12-11-22(30-23)18-7-5-4-6-8-18/h4-11,14-15,26-27H,12-13H2,1-3H3;4-13,16-17,24-25H,14-15H2,1-3H3/t14-,15+;16-,17+. The molecule has 4 N–H and O–H groups in total. The molecule has 4 aromatic carbocycles. The zero-order valence-electron chi connectivity index (χ0n) is 36.3. The van der Waals surface area contributed by atoms with Crippen LogP contribution in [0.1, 0.15) is 27.7 Å². The molecule has 6 aromatic rings. The Labute approximate surface area is 382 Å². The van der Waals surface area contributed by atoms with E-state index in [0.717, 1.165) is 71.5 Å². The lowest BCUT2D eigenvalue weighted by molar-refractivity contribution is 0.406. The van der Waals surface area contributed by atoms with E-state index in [1.807, 2.05) is 60.7 Å². The van der Waals surface area contributed by atoms with Crippen LogP contribution in [-0.2, 0) is 20.0 Å². The third-order valence-corrected chi connectivity index (χ3v) is 16.6. The molecule has 8 rings (SSSR count). The molecule has 0 radical (unpaired) electrons. The molecule has 64 heavy (non-hydrogen) atoms. The minimum absolute atomic E-state index is 0.0121. The van der Waals surface area contributed by atoms with Crippen LogP contribution in [0.2, 0.25) is 0 Å². The molecule has 2 saturated heterocycles. The van der Waals surface area contributed by atoms with E-state index in [4.69, 9.17) is 9.47 Å². The Balaban J connectivity index is 0.000000192. The zero-order valence-corrected chi connectivity index (χ0v) is 39.5. The highest BCUT2D eigenvalue weighted by molar-refractivity contribution is 7.95. The molecule has 2 aliphatic rings. The number of benzene rings is 4. The number of anilines is 4. The summed E-state index contributed by atoms with van der Waals surface area (Å²) in [5, 5.41) is 6.99. The highest BCUT2D eigenvalue weighted by Crippen LogP contribution is 2.38. The van der Waals surface area contributed by atoms with E-state index in [0.29, 0.717) is 51.9 Å². The Morgan fingerprint density at radius 2 is 1.03 bits per heavy atom. The summed E-state index contributed by atoms with van der Waals surface area (Å²) in [5.74, 6) is -0.562. The normalized spacial score (nSPS) is 19.1. The van der Waals surface area contributed by atoms with E-state index in [9.17, 15) is 25.6 Å². The first-order valence-electron chi connectivity index (χ1n) is 20.7. The minimum atomic E-state index is -3.96. The summed E-state index contributed by atoms with van der Waals surface area (Å²) in [5.41, 5.74) is 3.74. The van der Waals surface area contributed by atoms with Gasteiger partial charge in [0.15, 0.2) is 0 Å². The number of rotatable bonds is 12. The van der Waals surface area contributed by atoms with Gasteiger partial charge in [-0.3, -0.25) is 9.44 Å². The maximum absolute atomic E-state index is 14.1. The predicted octanol–water partition coefficient (Wildman–Crippen LogP) is 9.10. The monoisotopic (exact) mass is 950 g/mol. The van der Waals surface area contributed by atoms with Gasteiger partial charge in [-0.25, -0.2) is 25.6 Å². The number of thiophene rings is 2. The zero-order chi connectivity index (χ0) is 45.8. The highest BCUT2D eigenvalue weighted by atomic mass is 32.3. The highest BCUT2D eigenvalue weighted by Gasteiger charge is 2.26. The molecule has 0 saturated carbocycles. The maximum atomic E-state index is 14.1. The molecule has 2 aromatic heterocycles. The summed E-state index contributed by atoms with van der Waals surface area (Å²) >= 11 is 2.15. The molecule has 0 aliphatic carbocycles. The van der Waals surface area contributed by atoms with Crippen molar-refractivity contribution in [1.82, 2.24) is 10.6 Å². The smallest absolute Gasteiger partial charge is 0.271 e. The van der Waals surface area contributed by atoms with E-state index < -0.39 is 31.7 Å². The molecular formula is C46H52F2N6O6S4. The fourth-order valence-corrected chi connectivity index (χ4v) is 12.7. The summed E-state index contributed by atoms with van der Waals surface area (Å²) in [4.78, 5) is 5.76. The first kappa shape index (κ1) is 46.7. The van der Waals surface area contributed by atoms with Crippen molar-refractivity contribution in [3.05, 3.63) is 121 Å². The number of ether oxygens (including phenoxy) is 2. The summed E-state index contributed by atoms with van der Waals surface area (Å²) in [6.07, 6.45) is 0. The molecule has 12 nitrogen and oxygen atoms in total. The number of nitrogens with zero attached hydrogens (tertiary/aromatic N) is 2. The molecule has 0 bridgehead atoms. The Bertz CT molecular complexity index is 2770. The van der Waals surface area contributed by atoms with E-state index in [-0.39, 0.29) is 14.0 Å². The second-order valence-corrected chi connectivity index (χ2v) is 21.9. The van der Waals surface area contributed by atoms with Gasteiger partial charge in [0.1, 0.15) is 31.6 Å². The topological polar surface area (TPSA) is 141 Å². The number of sulfonamides is 2. The Kier molecular flexibility index (Phi) is 14.5. The lowest BCUT2D eigenvalue weighted by Gasteiger charge is -2.38. The van der Waals surface area contributed by atoms with Crippen LogP contribution in [0.25, 0.3) is 20.9 Å². The van der Waals surface area contributed by atoms with Gasteiger partial charge in [0.2, 0.25) is 0 Å². The van der Waals surface area contributed by atoms with Crippen molar-refractivity contribution < 1.29 is 35.1 Å². The van der Waals surface area contributed by atoms with Gasteiger partial charge in [-0.1, -0.05) is 30.3 Å². The average molecular weight is 951 g/mol. The van der Waals surface area contributed by atoms with Crippen LogP contribution < -0.4 is 39.4 Å². The van der Waals surface area contributed by atoms with Gasteiger partial charge in [-0.2, -0.15) is 0 Å². The van der Waals surface area contributed by atoms with Gasteiger partial charge in [-0.15, -0.1) is 22.7 Å². The SMILES string of the molecule is COc1ccc(N2C[C@@H](C)N[C@@H](C)C2)cc1NS(=O)(=O)c1ccc(-c2ccc(F)cc2F)s1.COc1ccc(N2C[C@@H](C)N[C@@H](C)C2)cc1NS(=O)(=O)c1ccc(-c2ccccc2)s1. The number of methoxy groups -OCH3 is 2. The van der Waals surface area contributed by atoms with Crippen LogP contribution in [0.4, 0.5) is 31.5 Å². The molecule has 340 valence electrons. The van der Waals surface area contributed by atoms with Crippen LogP contribution >= 0.6 is 22.7 Å². The molecule has 18 heteroatoms. The summed E-state index contributed by atoms with van der Waals surface area (Å²) in [7, 11) is -4.69. The first-order valence-corrected chi connectivity index (χ1v) is 25.3. The van der Waals surface area contributed by atoms with Crippen LogP contribution in [0.3, 0.4) is 0 Å². The van der Waals surface area contributed by atoms with Crippen LogP contribution in [0, 0.1) is 11.6 Å². The number of hydrogen-bond donors (Lipinski definition) is 4. The van der Waals surface area contributed by atoms with Crippen molar-refractivity contribution in [2.75, 3.05) is 59.6 Å². The second kappa shape index (κ2) is 19.9. The molecule has 2 fully saturated rings. The van der Waals surface area contributed by atoms with Gasteiger partial charge in [0.05, 0.1) is 25.6 Å². The first-order chi connectivity index (χ1) is 30.5. The third-order valence-electron chi connectivity index (χ3n) is 10.6. The van der Waals surface area contributed by atoms with Crippen molar-refractivity contribution in [2.24, 2.45) is 0 Å². The molecule has 0 spiro atoms. The molecule has 0 amide bonds. The van der Waals surface area contributed by atoms with Gasteiger partial charge in [-0.05, 0) is 106 Å². The predicted molar refractivity (Wildman–Crippen MR) is 256 cm³/mol. The molecule has 2 aliphatic heterocycles. The maximum Gasteiger partial charge on any atom is 0.271 e. The lowest BCUT2D eigenvalue weighted by Crippen LogP contribution is -2.54. The van der Waals surface area contributed by atoms with E-state index >= 15 is 0 Å². The van der Waals surface area contributed by atoms with Gasteiger partial charge in [0.25, 0.3) is 20.0 Å². The molecule has 0 unspecified atom stereocenters. The van der Waals surface area contributed by atoms with Crippen molar-refractivity contribution in [3.63, 3.8) is 0 Å². The number of hydrogen-bond acceptors (Lipinski definition) is 12. The van der Waals surface area contributed by atoms with Crippen LogP contribution in [-0.4, -0.2) is 81.4 Å². The third kappa shape index (κ3) is 11.2. The largest absolute Gasteiger partial charge is 0.495 e. The van der Waals surface area contributed by atoms with Crippen molar-refractivity contribution >= 4 is 65.5 Å². The molecule has 4 heterocycles. The fraction of sp³-hybridized carbons (Fsp3) is 0.304. The minimum Gasteiger partial charge on any atom is -0.495 e. The van der Waals surface area contributed by atoms with Gasteiger partial charge >= 0.3 is 0 Å². The Morgan fingerprint density at radius 3 is 1.48 bits per heavy atom. The average Bonchev–Trinajstić information content (AvgIpc) is 3.96. The lowest BCUT2D eigenvalue weighted by atomic mass is 10.1. The Hall–Kier alpha value is -5.24. The number of piperazine rings is 2. The quantitative estimate of drug-likeness (QED) is 0.0940. The van der Waals surface area contributed by atoms with Crippen molar-refractivity contribution in [1.29, 1.82) is 0 Å². The van der Waals surface area contributed by atoms with Gasteiger partial charge in [0, 0.05) is 83.1 Å². The van der Waals surface area contributed by atoms with E-state index in [1.165, 1.54) is 36.6 Å². The molecule has 4 atom stereocenters. The van der Waals surface area contributed by atoms with Crippen molar-refractivity contribution in [3.8, 4) is 32.4 Å². The van der Waals surface area contributed by atoms with Crippen LogP contribution in [0.5, 0.6) is 11.5 Å². The summed E-state index contributed by atoms with van der Waals surface area (Å²) in [6.45, 7) is 11.8. The molecular weight excluding hydrogens is 899 g/mol. The van der Waals surface area contributed by atoms with Crippen LogP contribution in [0.15, 0.2) is 118 Å². The second-order valence-electron chi connectivity index (χ2n) is 16.0. The number of nitrogens with one attached hydrogen (secondary N) is 4. The summed E-state index contributed by atoms with van der Waals surface area (Å²) in [6, 6.07) is 31.7. The number of halogens is 2. The summed E-state index contributed by atoms with van der Waals surface area (Å²) < 4.78 is 96.3. The Morgan fingerprint density at radius 1 is 0.578 bits per heavy atom.